The first-order chi connectivity index (χ1) is 45.0. The molecule has 1 amide bonds. The Bertz CT molecular complexity index is 2550. The lowest BCUT2D eigenvalue weighted by molar-refractivity contribution is -0.424. The van der Waals surface area contributed by atoms with Gasteiger partial charge in [-0.1, -0.05) is 152 Å². The van der Waals surface area contributed by atoms with Gasteiger partial charge in [0.15, 0.2) is 18.7 Å². The Hall–Kier alpha value is -5.23. The molecule has 91 heavy (non-hydrogen) atoms. The molecule has 0 aliphatic carbocycles. The Morgan fingerprint density at radius 1 is 0.352 bits per heavy atom. The van der Waals surface area contributed by atoms with Crippen LogP contribution < -0.4 is 5.32 Å². The van der Waals surface area contributed by atoms with Crippen molar-refractivity contribution >= 4 is 5.91 Å². The second-order valence-corrected chi connectivity index (χ2v) is 21.1. The van der Waals surface area contributed by atoms with Gasteiger partial charge in [0.25, 0.3) is 0 Å². The standard InChI is InChI=1S/C69H95NO21/c1-4-72-31-33-74-35-37-76-39-41-78-43-45-85-87-53-61-63(81-48-56-23-13-7-14-24-56)66(91-86-46-44-79-42-40-77-38-36-75-34-32-73-5-2)67(83-50-58-27-17-9-18-28-58)69(89-61)90-64-60(52-80-47-55-21-11-6-12-22-55)88-68(84-51-59-29-19-10-20-30-59)62(70-54(3)71)65(64)82-49-57-25-15-8-16-26-57/h6-30,60-69H,4-5,31-53H2,1-3H3,(H,70,71). The van der Waals surface area contributed by atoms with Gasteiger partial charge in [0.2, 0.25) is 5.91 Å². The summed E-state index contributed by atoms with van der Waals surface area (Å²) in [6.07, 6.45) is -9.54. The van der Waals surface area contributed by atoms with Crippen molar-refractivity contribution in [1.29, 1.82) is 0 Å². The third kappa shape index (κ3) is 28.9. The van der Waals surface area contributed by atoms with Crippen molar-refractivity contribution < 1.29 is 100 Å². The molecule has 0 bridgehead atoms. The number of rotatable bonds is 50. The van der Waals surface area contributed by atoms with Gasteiger partial charge >= 0.3 is 0 Å². The first kappa shape index (κ1) is 73.2. The highest BCUT2D eigenvalue weighted by Crippen LogP contribution is 2.36. The molecule has 7 rings (SSSR count). The van der Waals surface area contributed by atoms with Crippen molar-refractivity contribution in [2.24, 2.45) is 0 Å². The van der Waals surface area contributed by atoms with E-state index in [4.69, 9.17) is 95.3 Å². The van der Waals surface area contributed by atoms with E-state index in [1.54, 1.807) is 0 Å². The third-order valence-corrected chi connectivity index (χ3v) is 14.2. The van der Waals surface area contributed by atoms with Gasteiger partial charge in [-0.25, -0.2) is 19.6 Å². The van der Waals surface area contributed by atoms with Crippen LogP contribution in [-0.2, 0) is 133 Å². The molecule has 2 saturated heterocycles. The van der Waals surface area contributed by atoms with Crippen LogP contribution in [0.25, 0.3) is 0 Å². The minimum absolute atomic E-state index is 0.00720. The van der Waals surface area contributed by atoms with E-state index in [1.807, 2.05) is 166 Å². The molecular weight excluding hydrogens is 1180 g/mol. The average Bonchev–Trinajstić information content (AvgIpc) is 1.06. The molecule has 22 nitrogen and oxygen atoms in total. The molecule has 10 unspecified atom stereocenters. The first-order valence-electron chi connectivity index (χ1n) is 31.6. The van der Waals surface area contributed by atoms with E-state index in [0.717, 1.165) is 27.8 Å². The molecule has 0 spiro atoms. The van der Waals surface area contributed by atoms with Gasteiger partial charge in [-0.2, -0.15) is 0 Å². The predicted octanol–water partition coefficient (Wildman–Crippen LogP) is 7.95. The fourth-order valence-electron chi connectivity index (χ4n) is 9.71. The number of carbonyl (C=O) groups excluding carboxylic acids is 1. The summed E-state index contributed by atoms with van der Waals surface area (Å²) in [5.74, 6) is -0.351. The van der Waals surface area contributed by atoms with Gasteiger partial charge in [-0.3, -0.25) is 4.79 Å². The SMILES string of the molecule is CCOCCOCCOCCOCCOOCC1OC(OC2C(COCc3ccccc3)OC(OCc3ccccc3)C(NC(C)=O)C2OCc2ccccc2)C(OCc2ccccc2)C(OOCCOCCOCCOCCOCC)C1OCc1ccccc1. The van der Waals surface area contributed by atoms with Crippen molar-refractivity contribution in [3.8, 4) is 0 Å². The lowest BCUT2D eigenvalue weighted by atomic mass is 9.94. The zero-order valence-electron chi connectivity index (χ0n) is 53.0. The molecule has 10 atom stereocenters. The van der Waals surface area contributed by atoms with Crippen LogP contribution in [0.1, 0.15) is 48.6 Å². The Labute approximate surface area is 536 Å². The van der Waals surface area contributed by atoms with E-state index >= 15 is 0 Å². The van der Waals surface area contributed by atoms with Crippen LogP contribution in [-0.4, -0.2) is 199 Å². The predicted molar refractivity (Wildman–Crippen MR) is 333 cm³/mol. The van der Waals surface area contributed by atoms with Crippen LogP contribution in [0, 0.1) is 0 Å². The molecule has 2 aliphatic rings. The van der Waals surface area contributed by atoms with Crippen molar-refractivity contribution in [1.82, 2.24) is 5.32 Å². The number of nitrogens with one attached hydrogen (secondary N) is 1. The molecular formula is C69H95NO21. The normalized spacial score (nSPS) is 21.7. The molecule has 5 aromatic carbocycles. The lowest BCUT2D eigenvalue weighted by Crippen LogP contribution is -2.68. The quantitative estimate of drug-likeness (QED) is 0.0222. The number of hydrogen-bond donors (Lipinski definition) is 1. The van der Waals surface area contributed by atoms with Crippen LogP contribution in [0.2, 0.25) is 0 Å². The van der Waals surface area contributed by atoms with Crippen LogP contribution in [0.5, 0.6) is 0 Å². The second-order valence-electron chi connectivity index (χ2n) is 21.1. The molecule has 5 aromatic rings. The molecule has 502 valence electrons. The molecule has 0 aromatic heterocycles. The third-order valence-electron chi connectivity index (χ3n) is 14.2. The summed E-state index contributed by atoms with van der Waals surface area (Å²) in [6.45, 7) is 12.7. The Morgan fingerprint density at radius 2 is 0.714 bits per heavy atom. The smallest absolute Gasteiger partial charge is 0.217 e. The summed E-state index contributed by atoms with van der Waals surface area (Å²) >= 11 is 0. The number of ether oxygens (including phenoxy) is 16. The summed E-state index contributed by atoms with van der Waals surface area (Å²) < 4.78 is 100. The summed E-state index contributed by atoms with van der Waals surface area (Å²) in [6, 6.07) is 47.7. The van der Waals surface area contributed by atoms with Gasteiger partial charge in [0.05, 0.1) is 132 Å². The molecule has 2 fully saturated rings. The molecule has 2 heterocycles. The summed E-state index contributed by atoms with van der Waals surface area (Å²) in [5, 5.41) is 3.12. The van der Waals surface area contributed by atoms with E-state index in [0.29, 0.717) is 92.5 Å². The van der Waals surface area contributed by atoms with Crippen molar-refractivity contribution in [3.05, 3.63) is 179 Å². The fraction of sp³-hybridized carbons (Fsp3) is 0.551. The maximum Gasteiger partial charge on any atom is 0.217 e. The Balaban J connectivity index is 1.17. The number of benzene rings is 5. The van der Waals surface area contributed by atoms with Crippen molar-refractivity contribution in [2.75, 3.05) is 132 Å². The highest BCUT2D eigenvalue weighted by molar-refractivity contribution is 5.73. The topological polar surface area (TPSA) is 214 Å². The van der Waals surface area contributed by atoms with E-state index in [1.165, 1.54) is 6.92 Å². The maximum absolute atomic E-state index is 13.5. The van der Waals surface area contributed by atoms with Gasteiger partial charge < -0.3 is 81.1 Å². The Kier molecular flexibility index (Phi) is 37.0. The number of carbonyl (C=O) groups is 1. The van der Waals surface area contributed by atoms with E-state index in [-0.39, 0.29) is 78.6 Å². The van der Waals surface area contributed by atoms with E-state index in [2.05, 4.69) is 5.32 Å². The largest absolute Gasteiger partial charge is 0.379 e. The van der Waals surface area contributed by atoms with Crippen LogP contribution in [0.3, 0.4) is 0 Å². The molecule has 0 saturated carbocycles. The molecule has 22 heteroatoms. The summed E-state index contributed by atoms with van der Waals surface area (Å²) in [5.41, 5.74) is 4.44. The molecule has 0 radical (unpaired) electrons. The minimum atomic E-state index is -1.33. The zero-order valence-corrected chi connectivity index (χ0v) is 53.0. The van der Waals surface area contributed by atoms with E-state index in [9.17, 15) is 4.79 Å². The van der Waals surface area contributed by atoms with Gasteiger partial charge in [-0.05, 0) is 41.7 Å². The number of hydrogen-bond acceptors (Lipinski definition) is 21. The monoisotopic (exact) mass is 1270 g/mol. The summed E-state index contributed by atoms with van der Waals surface area (Å²) in [7, 11) is 0. The molecule has 1 N–H and O–H groups in total. The van der Waals surface area contributed by atoms with Crippen molar-refractivity contribution in [3.63, 3.8) is 0 Å². The van der Waals surface area contributed by atoms with Crippen LogP contribution >= 0.6 is 0 Å². The van der Waals surface area contributed by atoms with Crippen LogP contribution in [0.4, 0.5) is 0 Å². The summed E-state index contributed by atoms with van der Waals surface area (Å²) in [4.78, 5) is 37.9. The highest BCUT2D eigenvalue weighted by Gasteiger charge is 2.55. The van der Waals surface area contributed by atoms with Gasteiger partial charge in [0, 0.05) is 20.1 Å². The highest BCUT2D eigenvalue weighted by atomic mass is 17.2. The Morgan fingerprint density at radius 3 is 1.15 bits per heavy atom. The molecule has 2 aliphatic heterocycles. The van der Waals surface area contributed by atoms with Gasteiger partial charge in [0.1, 0.15) is 62.5 Å². The second kappa shape index (κ2) is 46.0. The van der Waals surface area contributed by atoms with Gasteiger partial charge in [-0.15, -0.1) is 0 Å². The number of amides is 1. The first-order valence-corrected chi connectivity index (χ1v) is 31.6. The fourth-order valence-corrected chi connectivity index (χ4v) is 9.71. The zero-order chi connectivity index (χ0) is 63.4. The maximum atomic E-state index is 13.5. The van der Waals surface area contributed by atoms with E-state index < -0.39 is 61.3 Å². The van der Waals surface area contributed by atoms with Crippen LogP contribution in [0.15, 0.2) is 152 Å². The lowest BCUT2D eigenvalue weighted by Gasteiger charge is -2.50. The average molecular weight is 1270 g/mol. The van der Waals surface area contributed by atoms with Crippen molar-refractivity contribution in [2.45, 2.75) is 115 Å². The minimum Gasteiger partial charge on any atom is -0.379 e.